The summed E-state index contributed by atoms with van der Waals surface area (Å²) in [5, 5.41) is 2.21. The minimum atomic E-state index is 0.472. The van der Waals surface area contributed by atoms with Gasteiger partial charge in [0.2, 0.25) is 0 Å². The zero-order valence-corrected chi connectivity index (χ0v) is 6.45. The highest BCUT2D eigenvalue weighted by molar-refractivity contribution is 5.70. The average Bonchev–Trinajstić information content (AvgIpc) is 2.71. The maximum absolute atomic E-state index is 5.40. The van der Waals surface area contributed by atoms with Crippen LogP contribution in [-0.4, -0.2) is 6.73 Å². The SMILES string of the molecule is C1=Cc2c3c(ccc2=C1)=NCO3. The van der Waals surface area contributed by atoms with Gasteiger partial charge in [0.1, 0.15) is 5.36 Å². The van der Waals surface area contributed by atoms with E-state index in [-0.39, 0.29) is 0 Å². The Kier molecular flexibility index (Phi) is 0.987. The first-order chi connectivity index (χ1) is 5.95. The predicted molar refractivity (Wildman–Crippen MR) is 46.2 cm³/mol. The third kappa shape index (κ3) is 0.619. The van der Waals surface area contributed by atoms with E-state index < -0.39 is 0 Å². The molecule has 58 valence electrons. The van der Waals surface area contributed by atoms with Crippen LogP contribution in [0.25, 0.3) is 12.2 Å². The molecule has 2 heteroatoms. The van der Waals surface area contributed by atoms with Gasteiger partial charge in [-0.2, -0.15) is 0 Å². The Hall–Kier alpha value is -1.57. The molecule has 0 spiro atoms. The van der Waals surface area contributed by atoms with Gasteiger partial charge in [0.05, 0.1) is 0 Å². The van der Waals surface area contributed by atoms with Gasteiger partial charge in [0.25, 0.3) is 0 Å². The minimum Gasteiger partial charge on any atom is -0.468 e. The molecule has 3 rings (SSSR count). The fraction of sp³-hybridized carbons (Fsp3) is 0.100. The van der Waals surface area contributed by atoms with E-state index in [4.69, 9.17) is 4.74 Å². The molecule has 1 aliphatic heterocycles. The van der Waals surface area contributed by atoms with Crippen molar-refractivity contribution in [3.8, 4) is 5.75 Å². The van der Waals surface area contributed by atoms with Crippen molar-refractivity contribution >= 4 is 12.2 Å². The highest BCUT2D eigenvalue weighted by atomic mass is 16.5. The van der Waals surface area contributed by atoms with Crippen molar-refractivity contribution in [3.63, 3.8) is 0 Å². The number of allylic oxidation sites excluding steroid dienone is 1. The van der Waals surface area contributed by atoms with Gasteiger partial charge in [0, 0.05) is 5.56 Å². The van der Waals surface area contributed by atoms with Crippen LogP contribution in [0.15, 0.2) is 23.2 Å². The summed E-state index contributed by atoms with van der Waals surface area (Å²) < 4.78 is 5.40. The largest absolute Gasteiger partial charge is 0.468 e. The van der Waals surface area contributed by atoms with Gasteiger partial charge in [-0.15, -0.1) is 0 Å². The third-order valence-electron chi connectivity index (χ3n) is 2.19. The van der Waals surface area contributed by atoms with Crippen molar-refractivity contribution in [3.05, 3.63) is 34.3 Å². The van der Waals surface area contributed by atoms with Crippen LogP contribution in [0.3, 0.4) is 0 Å². The van der Waals surface area contributed by atoms with Crippen LogP contribution in [0.5, 0.6) is 5.75 Å². The van der Waals surface area contributed by atoms with Crippen LogP contribution < -0.4 is 15.3 Å². The summed E-state index contributed by atoms with van der Waals surface area (Å²) in [6, 6.07) is 4.08. The fourth-order valence-electron chi connectivity index (χ4n) is 1.61. The molecule has 0 amide bonds. The number of benzene rings is 1. The molecule has 0 fully saturated rings. The number of ether oxygens (including phenoxy) is 1. The van der Waals surface area contributed by atoms with E-state index in [1.165, 1.54) is 10.8 Å². The summed E-state index contributed by atoms with van der Waals surface area (Å²) in [7, 11) is 0. The molecule has 0 aromatic heterocycles. The van der Waals surface area contributed by atoms with Crippen LogP contribution in [-0.2, 0) is 0 Å². The highest BCUT2D eigenvalue weighted by Crippen LogP contribution is 2.16. The highest BCUT2D eigenvalue weighted by Gasteiger charge is 2.11. The molecule has 0 unspecified atom stereocenters. The first-order valence-electron chi connectivity index (χ1n) is 3.94. The number of rotatable bonds is 0. The molecule has 2 nitrogen and oxygen atoms in total. The number of hydrogen-bond acceptors (Lipinski definition) is 2. The molecule has 0 radical (unpaired) electrons. The Balaban J connectivity index is 2.50. The lowest BCUT2D eigenvalue weighted by Crippen LogP contribution is -2.10. The summed E-state index contributed by atoms with van der Waals surface area (Å²) in [4.78, 5) is 4.21. The van der Waals surface area contributed by atoms with Gasteiger partial charge < -0.3 is 4.74 Å². The van der Waals surface area contributed by atoms with E-state index in [0.717, 1.165) is 11.1 Å². The lowest BCUT2D eigenvalue weighted by Gasteiger charge is -1.99. The summed E-state index contributed by atoms with van der Waals surface area (Å²) in [5.74, 6) is 0.942. The predicted octanol–water partition coefficient (Wildman–Crippen LogP) is 0.463. The third-order valence-corrected chi connectivity index (χ3v) is 2.19. The molecule has 0 saturated carbocycles. The van der Waals surface area contributed by atoms with E-state index in [9.17, 15) is 0 Å². The van der Waals surface area contributed by atoms with Gasteiger partial charge >= 0.3 is 0 Å². The first-order valence-corrected chi connectivity index (χ1v) is 3.94. The Labute approximate surface area is 69.5 Å². The van der Waals surface area contributed by atoms with Crippen molar-refractivity contribution in [2.24, 2.45) is 4.99 Å². The fourth-order valence-corrected chi connectivity index (χ4v) is 1.61. The first kappa shape index (κ1) is 6.00. The second kappa shape index (κ2) is 1.97. The summed E-state index contributed by atoms with van der Waals surface area (Å²) in [6.45, 7) is 0.472. The number of hydrogen-bond donors (Lipinski definition) is 0. The molecule has 1 aromatic rings. The van der Waals surface area contributed by atoms with Crippen molar-refractivity contribution in [2.75, 3.05) is 6.73 Å². The van der Waals surface area contributed by atoms with Crippen molar-refractivity contribution in [1.82, 2.24) is 0 Å². The average molecular weight is 157 g/mol. The molecule has 1 heterocycles. The smallest absolute Gasteiger partial charge is 0.180 e. The summed E-state index contributed by atoms with van der Waals surface area (Å²) in [6.07, 6.45) is 6.18. The zero-order valence-electron chi connectivity index (χ0n) is 6.45. The monoisotopic (exact) mass is 157 g/mol. The Morgan fingerprint density at radius 2 is 2.33 bits per heavy atom. The molecule has 0 atom stereocenters. The van der Waals surface area contributed by atoms with Gasteiger partial charge in [0.15, 0.2) is 12.5 Å². The maximum atomic E-state index is 5.40. The normalized spacial score (nSPS) is 16.0. The molecule has 1 aromatic carbocycles. The van der Waals surface area contributed by atoms with Crippen LogP contribution in [0, 0.1) is 0 Å². The van der Waals surface area contributed by atoms with Crippen LogP contribution >= 0.6 is 0 Å². The standard InChI is InChI=1S/C10H7NO/c1-2-7-4-5-9-10(8(7)3-1)12-6-11-9/h1-5H,6H2. The molecule has 1 aliphatic carbocycles. The lowest BCUT2D eigenvalue weighted by atomic mass is 10.2. The second-order valence-electron chi connectivity index (χ2n) is 2.87. The van der Waals surface area contributed by atoms with E-state index in [2.05, 4.69) is 23.2 Å². The topological polar surface area (TPSA) is 21.6 Å². The van der Waals surface area contributed by atoms with Gasteiger partial charge in [-0.25, -0.2) is 4.99 Å². The van der Waals surface area contributed by atoms with Crippen molar-refractivity contribution in [2.45, 2.75) is 0 Å². The van der Waals surface area contributed by atoms with Crippen LogP contribution in [0.1, 0.15) is 5.56 Å². The minimum absolute atomic E-state index is 0.472. The van der Waals surface area contributed by atoms with Gasteiger partial charge in [-0.05, 0) is 11.3 Å². The number of fused-ring (bicyclic) bond motifs is 3. The summed E-state index contributed by atoms with van der Waals surface area (Å²) in [5.41, 5.74) is 1.17. The lowest BCUT2D eigenvalue weighted by molar-refractivity contribution is 0.351. The summed E-state index contributed by atoms with van der Waals surface area (Å²) >= 11 is 0. The van der Waals surface area contributed by atoms with Crippen molar-refractivity contribution < 1.29 is 4.74 Å². The molecule has 2 aliphatic rings. The zero-order chi connectivity index (χ0) is 7.97. The maximum Gasteiger partial charge on any atom is 0.180 e. The molecule has 0 N–H and O–H groups in total. The quantitative estimate of drug-likeness (QED) is 0.536. The van der Waals surface area contributed by atoms with Crippen LogP contribution in [0.4, 0.5) is 0 Å². The Morgan fingerprint density at radius 1 is 1.33 bits per heavy atom. The van der Waals surface area contributed by atoms with Crippen molar-refractivity contribution in [1.29, 1.82) is 0 Å². The molecule has 0 bridgehead atoms. The van der Waals surface area contributed by atoms with Gasteiger partial charge in [-0.3, -0.25) is 0 Å². The number of nitrogens with zero attached hydrogens (tertiary/aromatic N) is 1. The van der Waals surface area contributed by atoms with E-state index in [1.807, 2.05) is 12.1 Å². The van der Waals surface area contributed by atoms with Crippen LogP contribution in [0.2, 0.25) is 0 Å². The molecule has 12 heavy (non-hydrogen) atoms. The Morgan fingerprint density at radius 3 is 3.33 bits per heavy atom. The van der Waals surface area contributed by atoms with E-state index in [0.29, 0.717) is 6.73 Å². The molecular weight excluding hydrogens is 150 g/mol. The second-order valence-corrected chi connectivity index (χ2v) is 2.87. The Bertz CT molecular complexity index is 485. The molecular formula is C10H7NO. The van der Waals surface area contributed by atoms with Gasteiger partial charge in [-0.1, -0.05) is 24.3 Å². The van der Waals surface area contributed by atoms with E-state index >= 15 is 0 Å². The molecule has 0 saturated heterocycles. The van der Waals surface area contributed by atoms with E-state index in [1.54, 1.807) is 0 Å².